The molecule has 7 rings (SSSR count). The minimum absolute atomic E-state index is 0.00387. The van der Waals surface area contributed by atoms with Crippen LogP contribution in [-0.2, 0) is 23.7 Å². The summed E-state index contributed by atoms with van der Waals surface area (Å²) in [5.74, 6) is 1.32. The Morgan fingerprint density at radius 3 is 2.35 bits per heavy atom. The van der Waals surface area contributed by atoms with Gasteiger partial charge in [-0.05, 0) is 130 Å². The zero-order valence-corrected chi connectivity index (χ0v) is 31.6. The van der Waals surface area contributed by atoms with Crippen molar-refractivity contribution >= 4 is 5.97 Å². The van der Waals surface area contributed by atoms with Crippen LogP contribution in [0.5, 0.6) is 0 Å². The first kappa shape index (κ1) is 35.6. The Kier molecular flexibility index (Phi) is 8.82. The number of rotatable bonds is 10. The summed E-state index contributed by atoms with van der Waals surface area (Å²) < 4.78 is 24.7. The van der Waals surface area contributed by atoms with Crippen molar-refractivity contribution in [2.75, 3.05) is 26.8 Å². The Bertz CT molecular complexity index is 1230. The lowest BCUT2D eigenvalue weighted by Gasteiger charge is -2.64. The van der Waals surface area contributed by atoms with Gasteiger partial charge in [0.1, 0.15) is 0 Å². The number of carbonyl (C=O) groups excluding carboxylic acids is 1. The van der Waals surface area contributed by atoms with Crippen LogP contribution in [0.15, 0.2) is 0 Å². The van der Waals surface area contributed by atoms with Gasteiger partial charge in [0, 0.05) is 38.6 Å². The van der Waals surface area contributed by atoms with Crippen LogP contribution in [0.2, 0.25) is 0 Å². The molecule has 1 heterocycles. The van der Waals surface area contributed by atoms with Gasteiger partial charge in [-0.1, -0.05) is 34.6 Å². The van der Waals surface area contributed by atoms with E-state index in [4.69, 9.17) is 18.9 Å². The molecular formula is C40H67NO7. The van der Waals surface area contributed by atoms with E-state index in [0.717, 1.165) is 45.0 Å². The van der Waals surface area contributed by atoms with Gasteiger partial charge in [0.05, 0.1) is 30.5 Å². The largest absolute Gasteiger partial charge is 0.457 e. The smallest absolute Gasteiger partial charge is 0.303 e. The highest BCUT2D eigenvalue weighted by atomic mass is 16.7. The number of nitrogens with zero attached hydrogens (tertiary/aromatic N) is 1. The van der Waals surface area contributed by atoms with Gasteiger partial charge in [-0.15, -0.1) is 0 Å². The normalized spacial score (nSPS) is 47.1. The van der Waals surface area contributed by atoms with Gasteiger partial charge >= 0.3 is 5.97 Å². The van der Waals surface area contributed by atoms with Crippen LogP contribution in [0, 0.1) is 50.7 Å². The highest BCUT2D eigenvalue weighted by Gasteiger charge is 2.83. The Hall–Kier alpha value is -0.770. The molecule has 0 amide bonds. The Labute approximate surface area is 290 Å². The summed E-state index contributed by atoms with van der Waals surface area (Å²) in [7, 11) is 1.65. The van der Waals surface area contributed by atoms with Crippen molar-refractivity contribution in [3.8, 4) is 0 Å². The van der Waals surface area contributed by atoms with Crippen LogP contribution >= 0.6 is 0 Å². The molecule has 48 heavy (non-hydrogen) atoms. The molecule has 6 unspecified atom stereocenters. The van der Waals surface area contributed by atoms with Crippen molar-refractivity contribution in [1.29, 1.82) is 0 Å². The summed E-state index contributed by atoms with van der Waals surface area (Å²) in [6.07, 6.45) is 11.2. The third-order valence-electron chi connectivity index (χ3n) is 16.6. The lowest BCUT2D eigenvalue weighted by atomic mass is 9.41. The van der Waals surface area contributed by atoms with E-state index in [1.54, 1.807) is 21.0 Å². The molecule has 7 fully saturated rings. The van der Waals surface area contributed by atoms with Gasteiger partial charge in [-0.2, -0.15) is 0 Å². The van der Waals surface area contributed by atoms with Crippen LogP contribution in [0.4, 0.5) is 0 Å². The summed E-state index contributed by atoms with van der Waals surface area (Å²) in [5.41, 5.74) is -0.582. The first-order valence-electron chi connectivity index (χ1n) is 19.6. The molecule has 0 aromatic carbocycles. The zero-order chi connectivity index (χ0) is 34.7. The van der Waals surface area contributed by atoms with Gasteiger partial charge < -0.3 is 29.2 Å². The number of hydrogen-bond acceptors (Lipinski definition) is 8. The molecule has 0 aromatic rings. The number of methoxy groups -OCH3 is 1. The van der Waals surface area contributed by atoms with E-state index in [1.165, 1.54) is 51.9 Å². The van der Waals surface area contributed by atoms with E-state index in [0.29, 0.717) is 35.0 Å². The third kappa shape index (κ3) is 5.22. The number of aliphatic hydroxyl groups excluding tert-OH is 1. The fourth-order valence-electron chi connectivity index (χ4n) is 13.9. The number of fused-ring (bicyclic) bond motifs is 2. The minimum Gasteiger partial charge on any atom is -0.457 e. The average Bonchev–Trinajstić information content (AvgIpc) is 3.94. The monoisotopic (exact) mass is 673 g/mol. The predicted molar refractivity (Wildman–Crippen MR) is 184 cm³/mol. The molecule has 0 radical (unpaired) electrons. The molecule has 8 heteroatoms. The second-order valence-electron chi connectivity index (χ2n) is 19.4. The molecule has 2 spiro atoms. The zero-order valence-electron chi connectivity index (χ0n) is 31.6. The molecule has 2 N–H and O–H groups in total. The van der Waals surface area contributed by atoms with E-state index in [2.05, 4.69) is 39.5 Å². The second-order valence-corrected chi connectivity index (χ2v) is 19.4. The highest BCUT2D eigenvalue weighted by Crippen LogP contribution is 2.89. The maximum atomic E-state index is 12.2. The molecule has 0 aromatic heterocycles. The van der Waals surface area contributed by atoms with Crippen molar-refractivity contribution in [2.45, 2.75) is 168 Å². The number of morpholine rings is 1. The van der Waals surface area contributed by atoms with Crippen LogP contribution in [0.25, 0.3) is 0 Å². The van der Waals surface area contributed by atoms with E-state index >= 15 is 0 Å². The molecular weight excluding hydrogens is 606 g/mol. The summed E-state index contributed by atoms with van der Waals surface area (Å²) in [5, 5.41) is 23.1. The molecule has 8 nitrogen and oxygen atoms in total. The molecule has 13 atom stereocenters. The molecule has 6 aliphatic carbocycles. The minimum atomic E-state index is -1.23. The number of aliphatic hydroxyl groups is 2. The van der Waals surface area contributed by atoms with Crippen LogP contribution in [0.3, 0.4) is 0 Å². The number of hydrogen-bond donors (Lipinski definition) is 2. The van der Waals surface area contributed by atoms with Gasteiger partial charge in [-0.25, -0.2) is 0 Å². The maximum Gasteiger partial charge on any atom is 0.303 e. The molecule has 6 saturated carbocycles. The number of ether oxygens (including phenoxy) is 4. The van der Waals surface area contributed by atoms with Gasteiger partial charge in [0.15, 0.2) is 12.4 Å². The van der Waals surface area contributed by atoms with Crippen LogP contribution in [0.1, 0.15) is 126 Å². The Morgan fingerprint density at radius 1 is 1.02 bits per heavy atom. The van der Waals surface area contributed by atoms with Gasteiger partial charge in [0.2, 0.25) is 0 Å². The van der Waals surface area contributed by atoms with E-state index in [1.807, 2.05) is 0 Å². The van der Waals surface area contributed by atoms with Gasteiger partial charge in [-0.3, -0.25) is 9.69 Å². The molecule has 274 valence electrons. The highest BCUT2D eigenvalue weighted by molar-refractivity contribution is 5.66. The fourth-order valence-corrected chi connectivity index (χ4v) is 13.9. The average molecular weight is 674 g/mol. The van der Waals surface area contributed by atoms with Crippen LogP contribution < -0.4 is 0 Å². The third-order valence-corrected chi connectivity index (χ3v) is 16.6. The lowest BCUT2D eigenvalue weighted by Crippen LogP contribution is -2.60. The SMILES string of the molecule is COC(C[C@@H](C)C1C[C@H](O)C2(C)[C@@H]3CCC4C(C)(C)[C@@H](OC5CN(C6CC6)CCO5)CC[C@@]45CC35CC[C@]12C)[C@H](OC(C)=O)C(C)(C)O. The van der Waals surface area contributed by atoms with E-state index in [9.17, 15) is 15.0 Å². The van der Waals surface area contributed by atoms with Crippen molar-refractivity contribution in [3.05, 3.63) is 0 Å². The first-order chi connectivity index (χ1) is 22.4. The second kappa shape index (κ2) is 11.9. The van der Waals surface area contributed by atoms with Crippen LogP contribution in [-0.4, -0.2) is 90.2 Å². The predicted octanol–water partition coefficient (Wildman–Crippen LogP) is 6.35. The van der Waals surface area contributed by atoms with Crippen molar-refractivity contribution in [3.63, 3.8) is 0 Å². The fraction of sp³-hybridized carbons (Fsp3) is 0.975. The lowest BCUT2D eigenvalue weighted by molar-refractivity contribution is -0.249. The summed E-state index contributed by atoms with van der Waals surface area (Å²) >= 11 is 0. The number of carbonyl (C=O) groups is 1. The van der Waals surface area contributed by atoms with E-state index < -0.39 is 23.8 Å². The number of esters is 1. The Balaban J connectivity index is 1.08. The Morgan fingerprint density at radius 2 is 1.71 bits per heavy atom. The van der Waals surface area contributed by atoms with E-state index in [-0.39, 0.29) is 40.7 Å². The summed E-state index contributed by atoms with van der Waals surface area (Å²) in [6, 6.07) is 0.753. The summed E-state index contributed by atoms with van der Waals surface area (Å²) in [4.78, 5) is 14.6. The van der Waals surface area contributed by atoms with Crippen molar-refractivity contribution < 1.29 is 34.0 Å². The maximum absolute atomic E-state index is 12.2. The first-order valence-corrected chi connectivity index (χ1v) is 19.6. The topological polar surface area (TPSA) is 97.7 Å². The standard InChI is InChI=1S/C40H67NO7/c1-24(20-28(45-9)34(36(5,6)44)47-25(2)42)27-21-31(43)38(8)30-13-12-29-35(3,4)32(48-33-22-41(18-19-46-33)26-10-11-26)14-15-39(29)23-40(30,39)17-16-37(27,38)7/h24,26-34,43-44H,10-23H2,1-9H3/t24-,27?,28?,29?,30+,31+,32+,33?,34+,37-,38?,39-,40?/m1/s1. The quantitative estimate of drug-likeness (QED) is 0.259. The van der Waals surface area contributed by atoms with Crippen molar-refractivity contribution in [2.24, 2.45) is 50.7 Å². The molecule has 1 saturated heterocycles. The van der Waals surface area contributed by atoms with Gasteiger partial charge in [0.25, 0.3) is 0 Å². The summed E-state index contributed by atoms with van der Waals surface area (Å²) in [6.45, 7) is 19.7. The van der Waals surface area contributed by atoms with Crippen molar-refractivity contribution in [1.82, 2.24) is 4.90 Å². The molecule has 0 bridgehead atoms. The molecule has 1 aliphatic heterocycles. The molecule has 7 aliphatic rings.